The van der Waals surface area contributed by atoms with E-state index < -0.39 is 0 Å². The van der Waals surface area contributed by atoms with Crippen LogP contribution in [0.25, 0.3) is 16.9 Å². The standard InChI is InChI=1S/C14H18N6/c1-4-19-8-10(7-16-19)13-14(15)20-9-11(18(2)3)5-6-12(20)17-13/h5-9H,4,15H2,1-3H3. The highest BCUT2D eigenvalue weighted by atomic mass is 15.3. The Morgan fingerprint density at radius 1 is 1.25 bits per heavy atom. The van der Waals surface area contributed by atoms with E-state index in [2.05, 4.69) is 10.1 Å². The molecule has 0 aliphatic heterocycles. The van der Waals surface area contributed by atoms with Crippen LogP contribution in [-0.2, 0) is 6.54 Å². The van der Waals surface area contributed by atoms with Gasteiger partial charge in [-0.15, -0.1) is 0 Å². The number of rotatable bonds is 3. The first-order chi connectivity index (χ1) is 9.60. The van der Waals surface area contributed by atoms with Crippen molar-refractivity contribution in [3.05, 3.63) is 30.7 Å². The van der Waals surface area contributed by atoms with Crippen LogP contribution >= 0.6 is 0 Å². The average molecular weight is 270 g/mol. The van der Waals surface area contributed by atoms with Crippen LogP contribution in [0.3, 0.4) is 0 Å². The molecule has 20 heavy (non-hydrogen) atoms. The number of fused-ring (bicyclic) bond motifs is 1. The van der Waals surface area contributed by atoms with Crippen molar-refractivity contribution in [2.45, 2.75) is 13.5 Å². The SMILES string of the molecule is CCn1cc(-c2nc3ccc(N(C)C)cn3c2N)cn1. The van der Waals surface area contributed by atoms with Crippen molar-refractivity contribution in [3.63, 3.8) is 0 Å². The van der Waals surface area contributed by atoms with Crippen LogP contribution in [-0.4, -0.2) is 33.3 Å². The van der Waals surface area contributed by atoms with E-state index in [-0.39, 0.29) is 0 Å². The Bertz CT molecular complexity index is 752. The molecule has 0 amide bonds. The Labute approximate surface area is 117 Å². The van der Waals surface area contributed by atoms with E-state index in [1.165, 1.54) is 0 Å². The predicted octanol–water partition coefficient (Wildman–Crippen LogP) is 1.87. The summed E-state index contributed by atoms with van der Waals surface area (Å²) in [6.07, 6.45) is 5.75. The quantitative estimate of drug-likeness (QED) is 0.789. The van der Waals surface area contributed by atoms with E-state index in [1.807, 2.05) is 59.5 Å². The van der Waals surface area contributed by atoms with Gasteiger partial charge in [-0.1, -0.05) is 0 Å². The van der Waals surface area contributed by atoms with Crippen LogP contribution in [0.1, 0.15) is 6.92 Å². The van der Waals surface area contributed by atoms with E-state index in [0.717, 1.165) is 29.1 Å². The summed E-state index contributed by atoms with van der Waals surface area (Å²) >= 11 is 0. The summed E-state index contributed by atoms with van der Waals surface area (Å²) in [4.78, 5) is 6.63. The molecule has 0 saturated heterocycles. The molecule has 3 rings (SSSR count). The van der Waals surface area contributed by atoms with Crippen LogP contribution in [0, 0.1) is 0 Å². The Morgan fingerprint density at radius 2 is 2.05 bits per heavy atom. The summed E-state index contributed by atoms with van der Waals surface area (Å²) in [5, 5.41) is 4.27. The van der Waals surface area contributed by atoms with Crippen molar-refractivity contribution in [2.75, 3.05) is 24.7 Å². The van der Waals surface area contributed by atoms with Crippen molar-refractivity contribution in [3.8, 4) is 11.3 Å². The molecule has 0 aliphatic carbocycles. The van der Waals surface area contributed by atoms with Crippen molar-refractivity contribution in [1.82, 2.24) is 19.2 Å². The number of aromatic nitrogens is 4. The fourth-order valence-electron chi connectivity index (χ4n) is 2.19. The van der Waals surface area contributed by atoms with E-state index in [1.54, 1.807) is 6.20 Å². The highest BCUT2D eigenvalue weighted by Crippen LogP contribution is 2.27. The van der Waals surface area contributed by atoms with Crippen LogP contribution in [0.2, 0.25) is 0 Å². The third-order valence-corrected chi connectivity index (χ3v) is 3.39. The number of nitrogens with zero attached hydrogens (tertiary/aromatic N) is 5. The first-order valence-electron chi connectivity index (χ1n) is 6.58. The molecule has 6 nitrogen and oxygen atoms in total. The third-order valence-electron chi connectivity index (χ3n) is 3.39. The Morgan fingerprint density at radius 3 is 2.70 bits per heavy atom. The van der Waals surface area contributed by atoms with Gasteiger partial charge in [0.2, 0.25) is 0 Å². The van der Waals surface area contributed by atoms with Gasteiger partial charge in [-0.2, -0.15) is 5.10 Å². The van der Waals surface area contributed by atoms with Gasteiger partial charge in [0.15, 0.2) is 0 Å². The maximum Gasteiger partial charge on any atom is 0.139 e. The molecule has 3 aromatic heterocycles. The lowest BCUT2D eigenvalue weighted by Crippen LogP contribution is -2.09. The minimum absolute atomic E-state index is 0.638. The molecule has 0 saturated carbocycles. The second-order valence-corrected chi connectivity index (χ2v) is 4.94. The number of nitrogens with two attached hydrogens (primary N) is 1. The van der Waals surface area contributed by atoms with Gasteiger partial charge in [-0.3, -0.25) is 9.08 Å². The molecule has 0 aromatic carbocycles. The maximum atomic E-state index is 6.24. The van der Waals surface area contributed by atoms with Crippen molar-refractivity contribution in [2.24, 2.45) is 0 Å². The molecule has 0 bridgehead atoms. The smallest absolute Gasteiger partial charge is 0.139 e. The van der Waals surface area contributed by atoms with Gasteiger partial charge < -0.3 is 10.6 Å². The number of anilines is 2. The van der Waals surface area contributed by atoms with E-state index >= 15 is 0 Å². The first-order valence-corrected chi connectivity index (χ1v) is 6.58. The van der Waals surface area contributed by atoms with Crippen LogP contribution in [0.4, 0.5) is 11.5 Å². The molecule has 0 aliphatic rings. The summed E-state index contributed by atoms with van der Waals surface area (Å²) in [7, 11) is 4.00. The molecule has 0 radical (unpaired) electrons. The molecule has 0 spiro atoms. The predicted molar refractivity (Wildman–Crippen MR) is 80.8 cm³/mol. The number of hydrogen-bond donors (Lipinski definition) is 1. The summed E-state index contributed by atoms with van der Waals surface area (Å²) in [5.41, 5.74) is 9.88. The summed E-state index contributed by atoms with van der Waals surface area (Å²) in [6.45, 7) is 2.88. The fraction of sp³-hybridized carbons (Fsp3) is 0.286. The second-order valence-electron chi connectivity index (χ2n) is 4.94. The fourth-order valence-corrected chi connectivity index (χ4v) is 2.19. The summed E-state index contributed by atoms with van der Waals surface area (Å²) in [6, 6.07) is 4.00. The van der Waals surface area contributed by atoms with Gasteiger partial charge in [0.1, 0.15) is 17.2 Å². The Balaban J connectivity index is 2.15. The molecular weight excluding hydrogens is 252 g/mol. The lowest BCUT2D eigenvalue weighted by atomic mass is 10.2. The lowest BCUT2D eigenvalue weighted by Gasteiger charge is -2.12. The topological polar surface area (TPSA) is 64.4 Å². The van der Waals surface area contributed by atoms with Crippen molar-refractivity contribution in [1.29, 1.82) is 0 Å². The summed E-state index contributed by atoms with van der Waals surface area (Å²) < 4.78 is 3.78. The third kappa shape index (κ3) is 1.89. The van der Waals surface area contributed by atoms with Gasteiger partial charge in [0, 0.05) is 38.6 Å². The van der Waals surface area contributed by atoms with Crippen molar-refractivity contribution >= 4 is 17.2 Å². The lowest BCUT2D eigenvalue weighted by molar-refractivity contribution is 0.660. The van der Waals surface area contributed by atoms with Gasteiger partial charge in [-0.05, 0) is 19.1 Å². The average Bonchev–Trinajstić information content (AvgIpc) is 3.03. The number of aryl methyl sites for hydroxylation is 1. The molecular formula is C14H18N6. The Kier molecular flexibility index (Phi) is 2.85. The molecule has 104 valence electrons. The number of pyridine rings is 1. The largest absolute Gasteiger partial charge is 0.383 e. The normalized spacial score (nSPS) is 11.2. The van der Waals surface area contributed by atoms with Crippen molar-refractivity contribution < 1.29 is 0 Å². The second kappa shape index (κ2) is 4.56. The molecule has 0 fully saturated rings. The first kappa shape index (κ1) is 12.5. The van der Waals surface area contributed by atoms with Gasteiger partial charge >= 0.3 is 0 Å². The zero-order valence-electron chi connectivity index (χ0n) is 11.9. The molecule has 3 aromatic rings. The van der Waals surface area contributed by atoms with E-state index in [0.29, 0.717) is 5.82 Å². The minimum atomic E-state index is 0.638. The Hall–Kier alpha value is -2.50. The van der Waals surface area contributed by atoms with E-state index in [4.69, 9.17) is 5.73 Å². The van der Waals surface area contributed by atoms with Crippen LogP contribution < -0.4 is 10.6 Å². The molecule has 2 N–H and O–H groups in total. The highest BCUT2D eigenvalue weighted by molar-refractivity contribution is 5.74. The van der Waals surface area contributed by atoms with E-state index in [9.17, 15) is 0 Å². The molecule has 0 unspecified atom stereocenters. The highest BCUT2D eigenvalue weighted by Gasteiger charge is 2.13. The van der Waals surface area contributed by atoms with Crippen LogP contribution in [0.15, 0.2) is 30.7 Å². The monoisotopic (exact) mass is 270 g/mol. The zero-order chi connectivity index (χ0) is 14.3. The molecule has 0 atom stereocenters. The molecule has 6 heteroatoms. The number of imidazole rings is 1. The maximum absolute atomic E-state index is 6.24. The zero-order valence-corrected chi connectivity index (χ0v) is 11.9. The summed E-state index contributed by atoms with van der Waals surface area (Å²) in [5.74, 6) is 0.638. The number of hydrogen-bond acceptors (Lipinski definition) is 4. The van der Waals surface area contributed by atoms with Crippen LogP contribution in [0.5, 0.6) is 0 Å². The molecule has 3 heterocycles. The number of nitrogen functional groups attached to an aromatic ring is 1. The van der Waals surface area contributed by atoms with Gasteiger partial charge in [-0.25, -0.2) is 4.98 Å². The van der Waals surface area contributed by atoms with Gasteiger partial charge in [0.25, 0.3) is 0 Å². The minimum Gasteiger partial charge on any atom is -0.383 e. The van der Waals surface area contributed by atoms with Gasteiger partial charge in [0.05, 0.1) is 11.9 Å².